The van der Waals surface area contributed by atoms with Crippen molar-refractivity contribution in [3.05, 3.63) is 71.9 Å². The quantitative estimate of drug-likeness (QED) is 0.786. The first-order valence-corrected chi connectivity index (χ1v) is 7.09. The van der Waals surface area contributed by atoms with Gasteiger partial charge in [0.15, 0.2) is 5.76 Å². The fourth-order valence-electron chi connectivity index (χ4n) is 2.06. The average molecular weight is 311 g/mol. The third-order valence-electron chi connectivity index (χ3n) is 3.22. The summed E-state index contributed by atoms with van der Waals surface area (Å²) < 4.78 is 18.1. The number of benzene rings is 1. The molecule has 3 rings (SSSR count). The van der Waals surface area contributed by atoms with E-state index in [1.165, 1.54) is 12.1 Å². The molecule has 23 heavy (non-hydrogen) atoms. The number of hydrogen-bond acceptors (Lipinski definition) is 4. The minimum Gasteiger partial charge on any atom is -0.356 e. The van der Waals surface area contributed by atoms with Gasteiger partial charge in [0.25, 0.3) is 0 Å². The predicted molar refractivity (Wildman–Crippen MR) is 81.7 cm³/mol. The Hall–Kier alpha value is -3.02. The topological polar surface area (TPSA) is 68.0 Å². The Bertz CT molecular complexity index is 785. The minimum absolute atomic E-state index is 0.109. The summed E-state index contributed by atoms with van der Waals surface area (Å²) in [4.78, 5) is 16.0. The zero-order valence-electron chi connectivity index (χ0n) is 12.2. The van der Waals surface area contributed by atoms with E-state index in [2.05, 4.69) is 15.5 Å². The molecule has 0 bridgehead atoms. The van der Waals surface area contributed by atoms with E-state index < -0.39 is 0 Å². The molecule has 0 atom stereocenters. The van der Waals surface area contributed by atoms with Gasteiger partial charge in [-0.1, -0.05) is 11.2 Å². The maximum atomic E-state index is 12.9. The lowest BCUT2D eigenvalue weighted by atomic mass is 10.1. The lowest BCUT2D eigenvalue weighted by Gasteiger charge is -2.02. The van der Waals surface area contributed by atoms with Crippen LogP contribution in [0.5, 0.6) is 0 Å². The third-order valence-corrected chi connectivity index (χ3v) is 3.22. The molecule has 0 saturated carbocycles. The summed E-state index contributed by atoms with van der Waals surface area (Å²) in [5.74, 6) is 0.00882. The molecule has 3 aromatic rings. The first-order chi connectivity index (χ1) is 11.2. The Labute approximate surface area is 132 Å². The third kappa shape index (κ3) is 4.00. The van der Waals surface area contributed by atoms with Gasteiger partial charge >= 0.3 is 0 Å². The number of nitrogens with one attached hydrogen (secondary N) is 1. The second-order valence-electron chi connectivity index (χ2n) is 4.96. The molecule has 0 aliphatic rings. The Balaban J connectivity index is 1.58. The van der Waals surface area contributed by atoms with Crippen LogP contribution in [0.15, 0.2) is 59.3 Å². The van der Waals surface area contributed by atoms with E-state index >= 15 is 0 Å². The highest BCUT2D eigenvalue weighted by Crippen LogP contribution is 2.20. The van der Waals surface area contributed by atoms with Crippen LogP contribution in [-0.2, 0) is 17.8 Å². The average Bonchev–Trinajstić information content (AvgIpc) is 3.03. The number of amides is 1. The molecule has 0 spiro atoms. The van der Waals surface area contributed by atoms with Gasteiger partial charge in [0.2, 0.25) is 5.91 Å². The summed E-state index contributed by atoms with van der Waals surface area (Å²) >= 11 is 0. The van der Waals surface area contributed by atoms with Crippen LogP contribution in [-0.4, -0.2) is 16.0 Å². The lowest BCUT2D eigenvalue weighted by Crippen LogP contribution is -2.25. The molecule has 0 radical (unpaired) electrons. The van der Waals surface area contributed by atoms with Gasteiger partial charge in [0.05, 0.1) is 24.4 Å². The highest BCUT2D eigenvalue weighted by molar-refractivity contribution is 5.78. The SMILES string of the molecule is O=C(Cc1cc(-c2ccc(F)cc2)on1)NCc1ccccn1. The number of carbonyl (C=O) groups excluding carboxylic acids is 1. The van der Waals surface area contributed by atoms with E-state index in [9.17, 15) is 9.18 Å². The first-order valence-electron chi connectivity index (χ1n) is 7.09. The number of halogens is 1. The normalized spacial score (nSPS) is 10.5. The largest absolute Gasteiger partial charge is 0.356 e. The molecule has 0 unspecified atom stereocenters. The van der Waals surface area contributed by atoms with Crippen molar-refractivity contribution in [3.63, 3.8) is 0 Å². The number of hydrogen-bond donors (Lipinski definition) is 1. The molecule has 1 N–H and O–H groups in total. The standard InChI is InChI=1S/C17H14FN3O2/c18-13-6-4-12(5-7-13)16-9-15(21-23-16)10-17(22)20-11-14-3-1-2-8-19-14/h1-9H,10-11H2,(H,20,22). The number of nitrogens with zero attached hydrogens (tertiary/aromatic N) is 2. The summed E-state index contributed by atoms with van der Waals surface area (Å²) in [5.41, 5.74) is 2.01. The molecule has 0 fully saturated rings. The van der Waals surface area contributed by atoms with Gasteiger partial charge < -0.3 is 9.84 Å². The monoisotopic (exact) mass is 311 g/mol. The van der Waals surface area contributed by atoms with Crippen LogP contribution in [0.25, 0.3) is 11.3 Å². The van der Waals surface area contributed by atoms with Gasteiger partial charge in [-0.2, -0.15) is 0 Å². The van der Waals surface area contributed by atoms with E-state index in [1.807, 2.05) is 18.2 Å². The molecule has 0 saturated heterocycles. The number of carbonyl (C=O) groups is 1. The van der Waals surface area contributed by atoms with Gasteiger partial charge in [0, 0.05) is 17.8 Å². The summed E-state index contributed by atoms with van der Waals surface area (Å²) in [7, 11) is 0. The fourth-order valence-corrected chi connectivity index (χ4v) is 2.06. The molecular formula is C17H14FN3O2. The van der Waals surface area contributed by atoms with Gasteiger partial charge in [-0.25, -0.2) is 4.39 Å². The van der Waals surface area contributed by atoms with Crippen LogP contribution in [0, 0.1) is 5.82 Å². The van der Waals surface area contributed by atoms with Gasteiger partial charge in [-0.3, -0.25) is 9.78 Å². The van der Waals surface area contributed by atoms with E-state index in [4.69, 9.17) is 4.52 Å². The molecule has 0 aliphatic heterocycles. The maximum Gasteiger partial charge on any atom is 0.226 e. The first kappa shape index (κ1) is 14.9. The molecule has 116 valence electrons. The van der Waals surface area contributed by atoms with Crippen LogP contribution in [0.3, 0.4) is 0 Å². The molecule has 1 aromatic carbocycles. The molecule has 2 heterocycles. The number of aromatic nitrogens is 2. The van der Waals surface area contributed by atoms with E-state index in [0.717, 1.165) is 5.69 Å². The fraction of sp³-hybridized carbons (Fsp3) is 0.118. The summed E-state index contributed by atoms with van der Waals surface area (Å²) in [5, 5.41) is 6.64. The van der Waals surface area contributed by atoms with Crippen LogP contribution in [0.1, 0.15) is 11.4 Å². The van der Waals surface area contributed by atoms with Crippen molar-refractivity contribution in [2.24, 2.45) is 0 Å². The van der Waals surface area contributed by atoms with Crippen molar-refractivity contribution in [2.75, 3.05) is 0 Å². The molecule has 5 nitrogen and oxygen atoms in total. The van der Waals surface area contributed by atoms with Gasteiger partial charge in [0.1, 0.15) is 5.82 Å². The van der Waals surface area contributed by atoms with Crippen molar-refractivity contribution in [1.82, 2.24) is 15.5 Å². The molecule has 0 aliphatic carbocycles. The highest BCUT2D eigenvalue weighted by atomic mass is 19.1. The number of pyridine rings is 1. The second-order valence-corrected chi connectivity index (χ2v) is 4.96. The predicted octanol–water partition coefficient (Wildman–Crippen LogP) is 2.73. The van der Waals surface area contributed by atoms with Crippen molar-refractivity contribution in [1.29, 1.82) is 0 Å². The Morgan fingerprint density at radius 1 is 1.13 bits per heavy atom. The lowest BCUT2D eigenvalue weighted by molar-refractivity contribution is -0.120. The van der Waals surface area contributed by atoms with Crippen LogP contribution < -0.4 is 5.32 Å². The van der Waals surface area contributed by atoms with Crippen molar-refractivity contribution in [2.45, 2.75) is 13.0 Å². The van der Waals surface area contributed by atoms with E-state index in [0.29, 0.717) is 23.6 Å². The highest BCUT2D eigenvalue weighted by Gasteiger charge is 2.11. The van der Waals surface area contributed by atoms with Crippen LogP contribution >= 0.6 is 0 Å². The Morgan fingerprint density at radius 3 is 2.70 bits per heavy atom. The minimum atomic E-state index is -0.317. The van der Waals surface area contributed by atoms with Gasteiger partial charge in [-0.05, 0) is 36.4 Å². The summed E-state index contributed by atoms with van der Waals surface area (Å²) in [6.45, 7) is 0.363. The Kier molecular flexibility index (Phi) is 4.42. The van der Waals surface area contributed by atoms with E-state index in [-0.39, 0.29) is 18.1 Å². The molecule has 1 amide bonds. The summed E-state index contributed by atoms with van der Waals surface area (Å²) in [6, 6.07) is 13.1. The van der Waals surface area contributed by atoms with Crippen molar-refractivity contribution < 1.29 is 13.7 Å². The Morgan fingerprint density at radius 2 is 1.96 bits per heavy atom. The van der Waals surface area contributed by atoms with Gasteiger partial charge in [-0.15, -0.1) is 0 Å². The molecule has 2 aromatic heterocycles. The zero-order valence-corrected chi connectivity index (χ0v) is 12.2. The van der Waals surface area contributed by atoms with Crippen LogP contribution in [0.4, 0.5) is 4.39 Å². The molecular weight excluding hydrogens is 297 g/mol. The van der Waals surface area contributed by atoms with Crippen molar-refractivity contribution >= 4 is 5.91 Å². The van der Waals surface area contributed by atoms with Crippen LogP contribution in [0.2, 0.25) is 0 Å². The summed E-state index contributed by atoms with van der Waals surface area (Å²) in [6.07, 6.45) is 1.78. The maximum absolute atomic E-state index is 12.9. The molecule has 6 heteroatoms. The second kappa shape index (κ2) is 6.83. The smallest absolute Gasteiger partial charge is 0.226 e. The number of rotatable bonds is 5. The van der Waals surface area contributed by atoms with Crippen molar-refractivity contribution in [3.8, 4) is 11.3 Å². The zero-order chi connectivity index (χ0) is 16.1. The van der Waals surface area contributed by atoms with E-state index in [1.54, 1.807) is 24.4 Å².